The first-order valence-corrected chi connectivity index (χ1v) is 9.24. The minimum Gasteiger partial charge on any atom is -0.378 e. The van der Waals surface area contributed by atoms with Gasteiger partial charge in [-0.1, -0.05) is 17.7 Å². The molecule has 1 aliphatic heterocycles. The van der Waals surface area contributed by atoms with Gasteiger partial charge in [0.1, 0.15) is 0 Å². The highest BCUT2D eigenvalue weighted by Gasteiger charge is 2.44. The van der Waals surface area contributed by atoms with Gasteiger partial charge in [-0.3, -0.25) is 0 Å². The van der Waals surface area contributed by atoms with Gasteiger partial charge in [0.2, 0.25) is 0 Å². The molecule has 1 saturated heterocycles. The molecule has 1 fully saturated rings. The molecular weight excluding hydrogens is 308 g/mol. The SMILES string of the molecule is Cc1ccc(S(=O)(=O)C[C@H]2[C@H](C)OC[C@@H]2C(C)(C)Cl)cc1. The molecule has 1 aromatic rings. The lowest BCUT2D eigenvalue weighted by atomic mass is 9.84. The van der Waals surface area contributed by atoms with E-state index in [1.165, 1.54) is 0 Å². The van der Waals surface area contributed by atoms with E-state index in [4.69, 9.17) is 16.3 Å². The Balaban J connectivity index is 2.24. The molecule has 118 valence electrons. The molecule has 21 heavy (non-hydrogen) atoms. The Hall–Kier alpha value is -0.580. The molecule has 1 heterocycles. The van der Waals surface area contributed by atoms with E-state index < -0.39 is 14.7 Å². The fourth-order valence-corrected chi connectivity index (χ4v) is 4.86. The topological polar surface area (TPSA) is 43.4 Å². The maximum absolute atomic E-state index is 12.6. The molecule has 0 aromatic heterocycles. The molecule has 2 rings (SSSR count). The zero-order valence-electron chi connectivity index (χ0n) is 13.0. The number of rotatable bonds is 4. The summed E-state index contributed by atoms with van der Waals surface area (Å²) in [6.45, 7) is 8.23. The van der Waals surface area contributed by atoms with Crippen molar-refractivity contribution < 1.29 is 13.2 Å². The summed E-state index contributed by atoms with van der Waals surface area (Å²) in [5.74, 6) is 0.0381. The average Bonchev–Trinajstić information content (AvgIpc) is 2.70. The second-order valence-electron chi connectivity index (χ2n) is 6.47. The lowest BCUT2D eigenvalue weighted by Crippen LogP contribution is -2.36. The third-order valence-electron chi connectivity index (χ3n) is 4.33. The van der Waals surface area contributed by atoms with Gasteiger partial charge in [-0.25, -0.2) is 8.42 Å². The Morgan fingerprint density at radius 2 is 1.86 bits per heavy atom. The van der Waals surface area contributed by atoms with Crippen molar-refractivity contribution in [2.24, 2.45) is 11.8 Å². The molecule has 0 unspecified atom stereocenters. The van der Waals surface area contributed by atoms with Crippen LogP contribution in [0, 0.1) is 18.8 Å². The lowest BCUT2D eigenvalue weighted by molar-refractivity contribution is 0.107. The second kappa shape index (κ2) is 5.90. The van der Waals surface area contributed by atoms with Crippen LogP contribution in [0.1, 0.15) is 26.3 Å². The van der Waals surface area contributed by atoms with E-state index in [1.54, 1.807) is 12.1 Å². The molecule has 0 aliphatic carbocycles. The van der Waals surface area contributed by atoms with Crippen molar-refractivity contribution in [1.82, 2.24) is 0 Å². The first-order chi connectivity index (χ1) is 9.61. The second-order valence-corrected chi connectivity index (χ2v) is 9.48. The smallest absolute Gasteiger partial charge is 0.178 e. The number of sulfone groups is 1. The molecule has 1 aliphatic rings. The summed E-state index contributed by atoms with van der Waals surface area (Å²) in [6, 6.07) is 6.99. The van der Waals surface area contributed by atoms with Gasteiger partial charge in [0.05, 0.1) is 23.4 Å². The van der Waals surface area contributed by atoms with E-state index >= 15 is 0 Å². The standard InChI is InChI=1S/C16H23ClO3S/c1-11-5-7-13(8-6-11)21(18,19)10-14-12(2)20-9-15(14)16(3,4)17/h5-8,12,14-15H,9-10H2,1-4H3/t12-,14-,15-/m0/s1. The number of halogens is 1. The number of aryl methyl sites for hydroxylation is 1. The van der Waals surface area contributed by atoms with Crippen molar-refractivity contribution in [1.29, 1.82) is 0 Å². The monoisotopic (exact) mass is 330 g/mol. The van der Waals surface area contributed by atoms with Crippen LogP contribution in [0.2, 0.25) is 0 Å². The van der Waals surface area contributed by atoms with Crippen molar-refractivity contribution in [2.45, 2.75) is 43.6 Å². The van der Waals surface area contributed by atoms with Crippen LogP contribution in [0.4, 0.5) is 0 Å². The third kappa shape index (κ3) is 3.79. The number of benzene rings is 1. The van der Waals surface area contributed by atoms with E-state index in [1.807, 2.05) is 39.8 Å². The molecule has 1 aromatic carbocycles. The van der Waals surface area contributed by atoms with Gasteiger partial charge in [-0.2, -0.15) is 0 Å². The predicted molar refractivity (Wildman–Crippen MR) is 85.6 cm³/mol. The minimum atomic E-state index is -3.33. The first kappa shape index (κ1) is 16.8. The summed E-state index contributed by atoms with van der Waals surface area (Å²) in [5.41, 5.74) is 1.05. The summed E-state index contributed by atoms with van der Waals surface area (Å²) in [5, 5.41) is 0. The molecule has 0 amide bonds. The highest BCUT2D eigenvalue weighted by atomic mass is 35.5. The van der Waals surface area contributed by atoms with Gasteiger partial charge < -0.3 is 4.74 Å². The molecule has 0 saturated carbocycles. The summed E-state index contributed by atoms with van der Waals surface area (Å²) >= 11 is 6.42. The van der Waals surface area contributed by atoms with Gasteiger partial charge in [0, 0.05) is 16.7 Å². The summed E-state index contributed by atoms with van der Waals surface area (Å²) in [4.78, 5) is -0.101. The number of ether oxygens (including phenoxy) is 1. The van der Waals surface area contributed by atoms with Crippen molar-refractivity contribution in [3.8, 4) is 0 Å². The molecule has 0 radical (unpaired) electrons. The van der Waals surface area contributed by atoms with Gasteiger partial charge in [0.15, 0.2) is 9.84 Å². The van der Waals surface area contributed by atoms with Crippen LogP contribution in [0.15, 0.2) is 29.2 Å². The van der Waals surface area contributed by atoms with Gasteiger partial charge in [-0.15, -0.1) is 11.6 Å². The highest BCUT2D eigenvalue weighted by molar-refractivity contribution is 7.91. The third-order valence-corrected chi connectivity index (χ3v) is 6.43. The Kier molecular flexibility index (Phi) is 4.72. The summed E-state index contributed by atoms with van der Waals surface area (Å²) < 4.78 is 30.9. The lowest BCUT2D eigenvalue weighted by Gasteiger charge is -2.29. The van der Waals surface area contributed by atoms with E-state index in [-0.39, 0.29) is 23.7 Å². The van der Waals surface area contributed by atoms with Crippen molar-refractivity contribution in [2.75, 3.05) is 12.4 Å². The Morgan fingerprint density at radius 1 is 1.29 bits per heavy atom. The van der Waals surface area contributed by atoms with E-state index in [9.17, 15) is 8.42 Å². The van der Waals surface area contributed by atoms with E-state index in [0.717, 1.165) is 5.56 Å². The molecule has 3 atom stereocenters. The normalized spacial score (nSPS) is 27.0. The van der Waals surface area contributed by atoms with Crippen molar-refractivity contribution >= 4 is 21.4 Å². The predicted octanol–water partition coefficient (Wildman–Crippen LogP) is 3.44. The molecule has 5 heteroatoms. The van der Waals surface area contributed by atoms with Crippen LogP contribution in [0.3, 0.4) is 0 Å². The molecule has 0 N–H and O–H groups in total. The van der Waals surface area contributed by atoms with Gasteiger partial charge >= 0.3 is 0 Å². The highest BCUT2D eigenvalue weighted by Crippen LogP contribution is 2.39. The van der Waals surface area contributed by atoms with Crippen LogP contribution in [0.25, 0.3) is 0 Å². The Bertz CT molecular complexity index is 587. The van der Waals surface area contributed by atoms with Crippen molar-refractivity contribution in [3.63, 3.8) is 0 Å². The maximum atomic E-state index is 12.6. The average molecular weight is 331 g/mol. The van der Waals surface area contributed by atoms with Crippen LogP contribution >= 0.6 is 11.6 Å². The molecule has 3 nitrogen and oxygen atoms in total. The van der Waals surface area contributed by atoms with Crippen LogP contribution < -0.4 is 0 Å². The minimum absolute atomic E-state index is 0.0365. The van der Waals surface area contributed by atoms with Gasteiger partial charge in [-0.05, 0) is 39.8 Å². The quantitative estimate of drug-likeness (QED) is 0.794. The van der Waals surface area contributed by atoms with Crippen LogP contribution in [-0.4, -0.2) is 31.8 Å². The zero-order valence-corrected chi connectivity index (χ0v) is 14.5. The Morgan fingerprint density at radius 3 is 2.38 bits per heavy atom. The number of alkyl halides is 1. The largest absolute Gasteiger partial charge is 0.378 e. The molecule has 0 bridgehead atoms. The van der Waals surface area contributed by atoms with Crippen LogP contribution in [0.5, 0.6) is 0 Å². The fourth-order valence-electron chi connectivity index (χ4n) is 2.88. The summed E-state index contributed by atoms with van der Waals surface area (Å²) in [7, 11) is -3.33. The fraction of sp³-hybridized carbons (Fsp3) is 0.625. The zero-order chi connectivity index (χ0) is 15.8. The van der Waals surface area contributed by atoms with Gasteiger partial charge in [0.25, 0.3) is 0 Å². The Labute approximate surface area is 132 Å². The van der Waals surface area contributed by atoms with Crippen LogP contribution in [-0.2, 0) is 14.6 Å². The maximum Gasteiger partial charge on any atom is 0.178 e. The van der Waals surface area contributed by atoms with Crippen molar-refractivity contribution in [3.05, 3.63) is 29.8 Å². The molecular formula is C16H23ClO3S. The molecule has 0 spiro atoms. The number of hydrogen-bond acceptors (Lipinski definition) is 3. The number of hydrogen-bond donors (Lipinski definition) is 0. The first-order valence-electron chi connectivity index (χ1n) is 7.21. The van der Waals surface area contributed by atoms with E-state index in [2.05, 4.69) is 0 Å². The van der Waals surface area contributed by atoms with E-state index in [0.29, 0.717) is 11.5 Å². The summed E-state index contributed by atoms with van der Waals surface area (Å²) in [6.07, 6.45) is -0.0896.